The fourth-order valence-electron chi connectivity index (χ4n) is 3.13. The number of rotatable bonds is 7. The lowest BCUT2D eigenvalue weighted by atomic mass is 10.1. The van der Waals surface area contributed by atoms with E-state index in [0.717, 1.165) is 27.6 Å². The molecule has 6 nitrogen and oxygen atoms in total. The van der Waals surface area contributed by atoms with Crippen LogP contribution in [0.25, 0.3) is 22.2 Å². The van der Waals surface area contributed by atoms with Gasteiger partial charge in [-0.25, -0.2) is 0 Å². The van der Waals surface area contributed by atoms with Gasteiger partial charge >= 0.3 is 0 Å². The summed E-state index contributed by atoms with van der Waals surface area (Å²) in [5, 5.41) is 10.1. The third kappa shape index (κ3) is 4.46. The summed E-state index contributed by atoms with van der Waals surface area (Å²) in [5.74, 6) is 1.92. The maximum Gasteiger partial charge on any atom is 0.227 e. The Kier molecular flexibility index (Phi) is 5.57. The summed E-state index contributed by atoms with van der Waals surface area (Å²) in [6, 6.07) is 14.1. The molecule has 0 radical (unpaired) electrons. The molecule has 4 aromatic rings. The molecular formula is C22H21N3O3S. The van der Waals surface area contributed by atoms with Crippen LogP contribution < -0.4 is 4.74 Å². The third-order valence-electron chi connectivity index (χ3n) is 4.76. The van der Waals surface area contributed by atoms with Crippen LogP contribution in [0.2, 0.25) is 0 Å². The molecule has 0 atom stereocenters. The molecule has 0 fully saturated rings. The van der Waals surface area contributed by atoms with E-state index in [-0.39, 0.29) is 5.91 Å². The van der Waals surface area contributed by atoms with Gasteiger partial charge in [-0.3, -0.25) is 4.79 Å². The number of carbonyl (C=O) groups is 1. The first kappa shape index (κ1) is 19.1. The van der Waals surface area contributed by atoms with Crippen molar-refractivity contribution < 1.29 is 14.1 Å². The Morgan fingerprint density at radius 3 is 2.79 bits per heavy atom. The van der Waals surface area contributed by atoms with Gasteiger partial charge in [-0.2, -0.15) is 16.3 Å². The van der Waals surface area contributed by atoms with E-state index in [9.17, 15) is 4.79 Å². The zero-order chi connectivity index (χ0) is 20.2. The van der Waals surface area contributed by atoms with Gasteiger partial charge in [-0.1, -0.05) is 23.4 Å². The molecule has 0 saturated carbocycles. The maximum atomic E-state index is 12.5. The van der Waals surface area contributed by atoms with Crippen LogP contribution in [0.5, 0.6) is 5.75 Å². The van der Waals surface area contributed by atoms with Gasteiger partial charge in [-0.05, 0) is 46.0 Å². The van der Waals surface area contributed by atoms with Gasteiger partial charge in [0, 0.05) is 37.4 Å². The zero-order valence-electron chi connectivity index (χ0n) is 16.3. The van der Waals surface area contributed by atoms with Crippen LogP contribution in [0.3, 0.4) is 0 Å². The Labute approximate surface area is 172 Å². The van der Waals surface area contributed by atoms with Crippen molar-refractivity contribution in [3.05, 3.63) is 64.7 Å². The molecule has 1 amide bonds. The Hall–Kier alpha value is -3.19. The molecule has 0 aliphatic heterocycles. The topological polar surface area (TPSA) is 68.5 Å². The minimum absolute atomic E-state index is 0.0371. The van der Waals surface area contributed by atoms with Crippen molar-refractivity contribution in [3.8, 4) is 17.1 Å². The number of fused-ring (bicyclic) bond motifs is 1. The first-order chi connectivity index (χ1) is 14.1. The quantitative estimate of drug-likeness (QED) is 0.449. The highest BCUT2D eigenvalue weighted by atomic mass is 32.1. The molecule has 0 aliphatic carbocycles. The van der Waals surface area contributed by atoms with Gasteiger partial charge in [0.15, 0.2) is 0 Å². The number of nitrogens with zero attached hydrogens (tertiary/aromatic N) is 3. The van der Waals surface area contributed by atoms with Gasteiger partial charge in [-0.15, -0.1) is 0 Å². The Morgan fingerprint density at radius 1 is 1.17 bits per heavy atom. The summed E-state index contributed by atoms with van der Waals surface area (Å²) < 4.78 is 10.5. The molecular weight excluding hydrogens is 386 g/mol. The van der Waals surface area contributed by atoms with Gasteiger partial charge in [0.2, 0.25) is 17.6 Å². The highest BCUT2D eigenvalue weighted by molar-refractivity contribution is 7.08. The molecule has 2 aromatic carbocycles. The molecule has 0 spiro atoms. The fraction of sp³-hybridized carbons (Fsp3) is 0.227. The van der Waals surface area contributed by atoms with Crippen molar-refractivity contribution in [2.24, 2.45) is 0 Å². The fourth-order valence-corrected chi connectivity index (χ4v) is 3.77. The van der Waals surface area contributed by atoms with E-state index in [0.29, 0.717) is 31.1 Å². The minimum atomic E-state index is 0.0371. The van der Waals surface area contributed by atoms with E-state index in [1.165, 1.54) is 0 Å². The lowest BCUT2D eigenvalue weighted by molar-refractivity contribution is -0.130. The zero-order valence-corrected chi connectivity index (χ0v) is 17.1. The third-order valence-corrected chi connectivity index (χ3v) is 5.44. The summed E-state index contributed by atoms with van der Waals surface area (Å²) in [6.07, 6.45) is 0.754. The summed E-state index contributed by atoms with van der Waals surface area (Å²) >= 11 is 1.58. The first-order valence-electron chi connectivity index (χ1n) is 9.28. The van der Waals surface area contributed by atoms with Crippen molar-refractivity contribution in [2.75, 3.05) is 14.2 Å². The number of hydrogen-bond donors (Lipinski definition) is 0. The summed E-state index contributed by atoms with van der Waals surface area (Å²) in [4.78, 5) is 18.6. The predicted octanol–water partition coefficient (Wildman–Crippen LogP) is 4.55. The summed E-state index contributed by atoms with van der Waals surface area (Å²) in [6.45, 7) is 0.546. The molecule has 7 heteroatoms. The highest BCUT2D eigenvalue weighted by Crippen LogP contribution is 2.23. The van der Waals surface area contributed by atoms with Gasteiger partial charge in [0.05, 0.1) is 7.11 Å². The maximum absolute atomic E-state index is 12.5. The number of aryl methyl sites for hydroxylation is 1. The number of hydrogen-bond acceptors (Lipinski definition) is 6. The Morgan fingerprint density at radius 2 is 2.00 bits per heavy atom. The van der Waals surface area contributed by atoms with Gasteiger partial charge in [0.1, 0.15) is 5.75 Å². The first-order valence-corrected chi connectivity index (χ1v) is 10.2. The molecule has 0 bridgehead atoms. The van der Waals surface area contributed by atoms with Crippen LogP contribution in [0.1, 0.15) is 17.9 Å². The highest BCUT2D eigenvalue weighted by Gasteiger charge is 2.14. The Balaban J connectivity index is 1.35. The second kappa shape index (κ2) is 8.45. The predicted molar refractivity (Wildman–Crippen MR) is 113 cm³/mol. The number of ether oxygens (including phenoxy) is 1. The summed E-state index contributed by atoms with van der Waals surface area (Å²) in [5.41, 5.74) is 2.01. The van der Waals surface area contributed by atoms with Crippen LogP contribution in [0.4, 0.5) is 0 Å². The normalized spacial score (nSPS) is 11.0. The van der Waals surface area contributed by atoms with Crippen molar-refractivity contribution in [1.29, 1.82) is 0 Å². The summed E-state index contributed by atoms with van der Waals surface area (Å²) in [7, 11) is 3.47. The van der Waals surface area contributed by atoms with E-state index in [1.54, 1.807) is 23.3 Å². The lowest BCUT2D eigenvalue weighted by Gasteiger charge is -2.17. The molecule has 29 heavy (non-hydrogen) atoms. The number of carbonyl (C=O) groups excluding carboxylic acids is 1. The van der Waals surface area contributed by atoms with Crippen molar-refractivity contribution in [3.63, 3.8) is 0 Å². The number of benzene rings is 2. The second-order valence-corrected chi connectivity index (χ2v) is 7.60. The standard InChI is InChI=1S/C22H21N3O3S/c1-25(13-15-3-4-17-12-19(27-2)6-5-16(17)11-15)21(26)8-7-20-23-22(24-28-20)18-9-10-29-14-18/h3-6,9-12,14H,7-8,13H2,1-2H3. The van der Waals surface area contributed by atoms with Crippen LogP contribution in [-0.4, -0.2) is 35.1 Å². The number of thiophene rings is 1. The van der Waals surface area contributed by atoms with E-state index in [2.05, 4.69) is 22.3 Å². The Bertz CT molecular complexity index is 1120. The molecule has 4 rings (SSSR count). The van der Waals surface area contributed by atoms with Gasteiger partial charge in [0.25, 0.3) is 0 Å². The number of methoxy groups -OCH3 is 1. The van der Waals surface area contributed by atoms with Crippen molar-refractivity contribution in [2.45, 2.75) is 19.4 Å². The lowest BCUT2D eigenvalue weighted by Crippen LogP contribution is -2.26. The SMILES string of the molecule is COc1ccc2cc(CN(C)C(=O)CCc3nc(-c4ccsc4)no3)ccc2c1. The van der Waals surface area contributed by atoms with Crippen molar-refractivity contribution >= 4 is 28.0 Å². The smallest absolute Gasteiger partial charge is 0.227 e. The van der Waals surface area contributed by atoms with E-state index in [1.807, 2.05) is 48.1 Å². The molecule has 0 saturated heterocycles. The van der Waals surface area contributed by atoms with Crippen molar-refractivity contribution in [1.82, 2.24) is 15.0 Å². The molecule has 148 valence electrons. The number of amides is 1. The molecule has 2 heterocycles. The average molecular weight is 407 g/mol. The van der Waals surface area contributed by atoms with Gasteiger partial charge < -0.3 is 14.2 Å². The molecule has 0 aliphatic rings. The van der Waals surface area contributed by atoms with E-state index < -0.39 is 0 Å². The molecule has 0 N–H and O–H groups in total. The monoisotopic (exact) mass is 407 g/mol. The van der Waals surface area contributed by atoms with Crippen LogP contribution in [-0.2, 0) is 17.8 Å². The van der Waals surface area contributed by atoms with Crippen LogP contribution in [0, 0.1) is 0 Å². The van der Waals surface area contributed by atoms with Crippen LogP contribution in [0.15, 0.2) is 57.7 Å². The van der Waals surface area contributed by atoms with E-state index >= 15 is 0 Å². The van der Waals surface area contributed by atoms with Crippen LogP contribution >= 0.6 is 11.3 Å². The molecule has 0 unspecified atom stereocenters. The molecule has 2 aromatic heterocycles. The average Bonchev–Trinajstić information content (AvgIpc) is 3.43. The second-order valence-electron chi connectivity index (χ2n) is 6.82. The van der Waals surface area contributed by atoms with E-state index in [4.69, 9.17) is 9.26 Å². The largest absolute Gasteiger partial charge is 0.497 e. The minimum Gasteiger partial charge on any atom is -0.497 e. The number of aromatic nitrogens is 2.